The quantitative estimate of drug-likeness (QED) is 0.448. The summed E-state index contributed by atoms with van der Waals surface area (Å²) in [6.45, 7) is 7.41. The monoisotopic (exact) mass is 506 g/mol. The molecule has 0 spiro atoms. The number of hydrogen-bond donors (Lipinski definition) is 1. The van der Waals surface area contributed by atoms with E-state index in [1.807, 2.05) is 54.3 Å². The Kier molecular flexibility index (Phi) is 7.62. The van der Waals surface area contributed by atoms with Gasteiger partial charge in [0.1, 0.15) is 11.4 Å². The molecule has 1 saturated heterocycles. The van der Waals surface area contributed by atoms with Crippen LogP contribution in [0.4, 0.5) is 0 Å². The molecule has 5 rings (SSSR count). The Morgan fingerprint density at radius 3 is 2.51 bits per heavy atom. The van der Waals surface area contributed by atoms with Crippen molar-refractivity contribution in [2.24, 2.45) is 0 Å². The van der Waals surface area contributed by atoms with Crippen LogP contribution < -0.4 is 14.2 Å². The van der Waals surface area contributed by atoms with Crippen molar-refractivity contribution in [3.63, 3.8) is 0 Å². The van der Waals surface area contributed by atoms with Gasteiger partial charge in [-0.25, -0.2) is 0 Å². The molecule has 2 aliphatic rings. The Bertz CT molecular complexity index is 1220. The predicted octanol–water partition coefficient (Wildman–Crippen LogP) is 3.76. The van der Waals surface area contributed by atoms with Crippen LogP contribution in [0.1, 0.15) is 41.0 Å². The highest BCUT2D eigenvalue weighted by Gasteiger charge is 2.42. The number of benzene rings is 2. The van der Waals surface area contributed by atoms with E-state index in [2.05, 4.69) is 15.1 Å². The Morgan fingerprint density at radius 2 is 1.81 bits per heavy atom. The molecular formula is C28H34N4O5. The number of rotatable bonds is 10. The lowest BCUT2D eigenvalue weighted by atomic mass is 9.95. The van der Waals surface area contributed by atoms with E-state index >= 15 is 0 Å². The topological polar surface area (TPSA) is 89.2 Å². The van der Waals surface area contributed by atoms with Crippen LogP contribution in [0.15, 0.2) is 42.5 Å². The van der Waals surface area contributed by atoms with Gasteiger partial charge in [0, 0.05) is 37.3 Å². The second kappa shape index (κ2) is 11.2. The molecule has 1 N–H and O–H groups in total. The summed E-state index contributed by atoms with van der Waals surface area (Å²) in [4.78, 5) is 18.0. The number of ether oxygens (including phenoxy) is 4. The van der Waals surface area contributed by atoms with E-state index < -0.39 is 0 Å². The number of hydrogen-bond acceptors (Lipinski definition) is 7. The lowest BCUT2D eigenvalue weighted by molar-refractivity contribution is 0.0354. The van der Waals surface area contributed by atoms with Gasteiger partial charge >= 0.3 is 0 Å². The zero-order valence-corrected chi connectivity index (χ0v) is 21.7. The summed E-state index contributed by atoms with van der Waals surface area (Å²) in [6.07, 6.45) is 0.867. The second-order valence-corrected chi connectivity index (χ2v) is 9.14. The van der Waals surface area contributed by atoms with Crippen molar-refractivity contribution in [2.45, 2.75) is 19.4 Å². The number of methoxy groups -OCH3 is 2. The maximum atomic E-state index is 13.7. The molecule has 1 aromatic heterocycles. The highest BCUT2D eigenvalue weighted by molar-refractivity contribution is 6.00. The van der Waals surface area contributed by atoms with Gasteiger partial charge < -0.3 is 23.8 Å². The molecule has 196 valence electrons. The molecule has 9 heteroatoms. The maximum absolute atomic E-state index is 13.7. The smallest absolute Gasteiger partial charge is 0.273 e. The Labute approximate surface area is 217 Å². The van der Waals surface area contributed by atoms with Crippen LogP contribution in [-0.2, 0) is 4.74 Å². The molecule has 1 amide bonds. The van der Waals surface area contributed by atoms with E-state index in [-0.39, 0.29) is 11.9 Å². The average Bonchev–Trinajstić information content (AvgIpc) is 3.48. The lowest BCUT2D eigenvalue weighted by Gasteiger charge is -2.30. The predicted molar refractivity (Wildman–Crippen MR) is 139 cm³/mol. The Hall–Kier alpha value is -3.56. The Balaban J connectivity index is 1.50. The van der Waals surface area contributed by atoms with Crippen LogP contribution >= 0.6 is 0 Å². The average molecular weight is 507 g/mol. The molecule has 3 heterocycles. The molecule has 1 fully saturated rings. The summed E-state index contributed by atoms with van der Waals surface area (Å²) in [6, 6.07) is 13.3. The molecule has 1 unspecified atom stereocenters. The number of amides is 1. The van der Waals surface area contributed by atoms with E-state index in [0.717, 1.165) is 67.4 Å². The number of carbonyl (C=O) groups excluding carboxylic acids is 1. The molecule has 1 atom stereocenters. The molecule has 2 aliphatic heterocycles. The van der Waals surface area contributed by atoms with Crippen LogP contribution in [0.3, 0.4) is 0 Å². The SMILES string of the molecule is CCOc1ccc(C2c3c(-c4ccc(OC)cc4)n[nH]c3C(=O)N2CCCN2CCOCC2)cc1OC. The highest BCUT2D eigenvalue weighted by Crippen LogP contribution is 2.44. The molecule has 0 bridgehead atoms. The van der Waals surface area contributed by atoms with E-state index in [1.54, 1.807) is 14.2 Å². The van der Waals surface area contributed by atoms with Gasteiger partial charge in [-0.1, -0.05) is 6.07 Å². The van der Waals surface area contributed by atoms with Crippen LogP contribution in [0, 0.1) is 0 Å². The van der Waals surface area contributed by atoms with Crippen LogP contribution in [0.2, 0.25) is 0 Å². The molecule has 0 aliphatic carbocycles. The van der Waals surface area contributed by atoms with Gasteiger partial charge in [-0.3, -0.25) is 14.8 Å². The zero-order valence-electron chi connectivity index (χ0n) is 21.7. The summed E-state index contributed by atoms with van der Waals surface area (Å²) in [5.74, 6) is 2.05. The van der Waals surface area contributed by atoms with Gasteiger partial charge in [-0.15, -0.1) is 0 Å². The van der Waals surface area contributed by atoms with Gasteiger partial charge in [0.15, 0.2) is 11.5 Å². The van der Waals surface area contributed by atoms with E-state index in [1.165, 1.54) is 0 Å². The zero-order chi connectivity index (χ0) is 25.8. The molecule has 3 aromatic rings. The van der Waals surface area contributed by atoms with E-state index in [0.29, 0.717) is 30.3 Å². The third-order valence-electron chi connectivity index (χ3n) is 7.01. The van der Waals surface area contributed by atoms with E-state index in [4.69, 9.17) is 18.9 Å². The van der Waals surface area contributed by atoms with Crippen LogP contribution in [0.25, 0.3) is 11.3 Å². The highest BCUT2D eigenvalue weighted by atomic mass is 16.5. The first kappa shape index (κ1) is 25.1. The summed E-state index contributed by atoms with van der Waals surface area (Å²) in [5.41, 5.74) is 4.06. The van der Waals surface area contributed by atoms with Crippen molar-refractivity contribution in [2.75, 3.05) is 60.2 Å². The van der Waals surface area contributed by atoms with Crippen molar-refractivity contribution in [1.29, 1.82) is 0 Å². The molecule has 2 aromatic carbocycles. The Morgan fingerprint density at radius 1 is 1.03 bits per heavy atom. The molecule has 0 saturated carbocycles. The summed E-state index contributed by atoms with van der Waals surface area (Å²) >= 11 is 0. The maximum Gasteiger partial charge on any atom is 0.273 e. The number of aromatic nitrogens is 2. The minimum atomic E-state index is -0.299. The van der Waals surface area contributed by atoms with E-state index in [9.17, 15) is 4.79 Å². The lowest BCUT2D eigenvalue weighted by Crippen LogP contribution is -2.38. The summed E-state index contributed by atoms with van der Waals surface area (Å²) in [5, 5.41) is 7.61. The fourth-order valence-electron chi connectivity index (χ4n) is 5.16. The number of H-pyrrole nitrogens is 1. The second-order valence-electron chi connectivity index (χ2n) is 9.14. The van der Waals surface area contributed by atoms with Gasteiger partial charge in [0.05, 0.1) is 45.8 Å². The molecule has 9 nitrogen and oxygen atoms in total. The number of nitrogens with one attached hydrogen (secondary N) is 1. The number of aromatic amines is 1. The first-order chi connectivity index (χ1) is 18.1. The minimum Gasteiger partial charge on any atom is -0.497 e. The van der Waals surface area contributed by atoms with Gasteiger partial charge in [0.2, 0.25) is 0 Å². The van der Waals surface area contributed by atoms with Gasteiger partial charge in [-0.05, 0) is 55.3 Å². The number of morpholine rings is 1. The fourth-order valence-corrected chi connectivity index (χ4v) is 5.16. The molecule has 0 radical (unpaired) electrons. The van der Waals surface area contributed by atoms with Crippen molar-refractivity contribution in [3.05, 3.63) is 59.3 Å². The largest absolute Gasteiger partial charge is 0.497 e. The molecule has 37 heavy (non-hydrogen) atoms. The minimum absolute atomic E-state index is 0.0397. The molecular weight excluding hydrogens is 472 g/mol. The normalized spacial score (nSPS) is 17.6. The fraction of sp³-hybridized carbons (Fsp3) is 0.429. The van der Waals surface area contributed by atoms with Crippen LogP contribution in [0.5, 0.6) is 17.2 Å². The van der Waals surface area contributed by atoms with Crippen molar-refractivity contribution >= 4 is 5.91 Å². The standard InChI is InChI=1S/C28H34N4O5/c1-4-37-22-11-8-20(18-23(22)35-3)27-24-25(19-6-9-21(34-2)10-7-19)29-30-26(24)28(33)32(27)13-5-12-31-14-16-36-17-15-31/h6-11,18,27H,4-5,12-17H2,1-3H3,(H,29,30). The first-order valence-electron chi connectivity index (χ1n) is 12.8. The third-order valence-corrected chi connectivity index (χ3v) is 7.01. The van der Waals surface area contributed by atoms with Crippen LogP contribution in [-0.4, -0.2) is 86.1 Å². The first-order valence-corrected chi connectivity index (χ1v) is 12.8. The third kappa shape index (κ3) is 5.01. The van der Waals surface area contributed by atoms with Gasteiger partial charge in [0.25, 0.3) is 5.91 Å². The summed E-state index contributed by atoms with van der Waals surface area (Å²) < 4.78 is 22.2. The van der Waals surface area contributed by atoms with Crippen molar-refractivity contribution in [3.8, 4) is 28.5 Å². The van der Waals surface area contributed by atoms with Crippen molar-refractivity contribution < 1.29 is 23.7 Å². The number of carbonyl (C=O) groups is 1. The number of nitrogens with zero attached hydrogens (tertiary/aromatic N) is 3. The van der Waals surface area contributed by atoms with Crippen molar-refractivity contribution in [1.82, 2.24) is 20.0 Å². The number of fused-ring (bicyclic) bond motifs is 1. The van der Waals surface area contributed by atoms with Gasteiger partial charge in [-0.2, -0.15) is 5.10 Å². The summed E-state index contributed by atoms with van der Waals surface area (Å²) in [7, 11) is 3.28.